The Morgan fingerprint density at radius 2 is 1.28 bits per heavy atom. The molecule has 0 aliphatic heterocycles. The van der Waals surface area contributed by atoms with Crippen molar-refractivity contribution in [2.24, 2.45) is 0 Å². The molecule has 2 aromatic rings. The van der Waals surface area contributed by atoms with E-state index < -0.39 is 46.3 Å². The van der Waals surface area contributed by atoms with Crippen molar-refractivity contribution >= 4 is 19.7 Å². The Balaban J connectivity index is 2.48. The summed E-state index contributed by atoms with van der Waals surface area (Å²) >= 11 is 0. The molecule has 0 fully saturated rings. The highest BCUT2D eigenvalue weighted by molar-refractivity contribution is 8.10. The van der Waals surface area contributed by atoms with Gasteiger partial charge in [-0.2, -0.15) is 0 Å². The number of hydrogen-bond donors (Lipinski definition) is 1. The molecule has 8 heteroatoms. The number of aliphatic hydroxyl groups is 1. The first-order chi connectivity index (χ1) is 13.7. The van der Waals surface area contributed by atoms with Gasteiger partial charge in [0, 0.05) is 6.42 Å². The summed E-state index contributed by atoms with van der Waals surface area (Å²) in [6.07, 6.45) is 0.916. The Bertz CT molecular complexity index is 905. The number of sulfone groups is 2. The van der Waals surface area contributed by atoms with E-state index in [-0.39, 0.29) is 6.42 Å². The molecule has 1 atom stereocenters. The lowest BCUT2D eigenvalue weighted by Crippen LogP contribution is -2.45. The zero-order chi connectivity index (χ0) is 21.5. The Labute approximate surface area is 172 Å². The Hall–Kier alpha value is -1.77. The van der Waals surface area contributed by atoms with Crippen LogP contribution in [0.2, 0.25) is 0 Å². The van der Waals surface area contributed by atoms with Gasteiger partial charge in [0.2, 0.25) is 19.7 Å². The van der Waals surface area contributed by atoms with E-state index in [2.05, 4.69) is 0 Å². The molecule has 0 heterocycles. The van der Waals surface area contributed by atoms with Crippen LogP contribution in [-0.2, 0) is 19.7 Å². The van der Waals surface area contributed by atoms with Crippen LogP contribution >= 0.6 is 0 Å². The summed E-state index contributed by atoms with van der Waals surface area (Å²) in [6.45, 7) is 2.02. The minimum atomic E-state index is -4.95. The smallest absolute Gasteiger partial charge is 0.320 e. The number of rotatable bonds is 11. The third-order valence-electron chi connectivity index (χ3n) is 4.78. The molecule has 2 rings (SSSR count). The minimum Gasteiger partial charge on any atom is -0.393 e. The molecule has 0 radical (unpaired) electrons. The van der Waals surface area contributed by atoms with E-state index in [9.17, 15) is 21.9 Å². The summed E-state index contributed by atoms with van der Waals surface area (Å²) < 4.78 is 65.0. The summed E-state index contributed by atoms with van der Waals surface area (Å²) in [6, 6.07) is 13.3. The molecule has 1 N–H and O–H groups in total. The molecule has 0 aliphatic rings. The van der Waals surface area contributed by atoms with Crippen LogP contribution in [0.1, 0.15) is 45.4 Å². The molecule has 5 nitrogen and oxygen atoms in total. The van der Waals surface area contributed by atoms with Gasteiger partial charge in [-0.25, -0.2) is 21.2 Å². The van der Waals surface area contributed by atoms with Gasteiger partial charge in [-0.3, -0.25) is 0 Å². The van der Waals surface area contributed by atoms with Crippen LogP contribution in [0.5, 0.6) is 0 Å². The summed E-state index contributed by atoms with van der Waals surface area (Å²) in [7, 11) is -9.90. The van der Waals surface area contributed by atoms with Crippen molar-refractivity contribution in [3.05, 3.63) is 60.7 Å². The molecule has 29 heavy (non-hydrogen) atoms. The fourth-order valence-corrected chi connectivity index (χ4v) is 7.40. The molecule has 1 unspecified atom stereocenters. The fourth-order valence-electron chi connectivity index (χ4n) is 3.11. The highest BCUT2D eigenvalue weighted by atomic mass is 32.3. The van der Waals surface area contributed by atoms with E-state index in [4.69, 9.17) is 0 Å². The topological polar surface area (TPSA) is 88.5 Å². The van der Waals surface area contributed by atoms with Crippen molar-refractivity contribution in [2.45, 2.75) is 65.7 Å². The average molecular weight is 443 g/mol. The Kier molecular flexibility index (Phi) is 7.96. The van der Waals surface area contributed by atoms with Gasteiger partial charge in [0.05, 0.1) is 15.9 Å². The van der Waals surface area contributed by atoms with Crippen LogP contribution in [0.4, 0.5) is 4.39 Å². The molecule has 0 saturated carbocycles. The second-order valence-electron chi connectivity index (χ2n) is 7.00. The average Bonchev–Trinajstić information content (AvgIpc) is 2.72. The first-order valence-electron chi connectivity index (χ1n) is 9.63. The van der Waals surface area contributed by atoms with Gasteiger partial charge in [-0.1, -0.05) is 69.0 Å². The first-order valence-corrected chi connectivity index (χ1v) is 12.6. The van der Waals surface area contributed by atoms with E-state index in [1.165, 1.54) is 24.3 Å². The number of aliphatic hydroxyl groups excluding tert-OH is 1. The lowest BCUT2D eigenvalue weighted by Gasteiger charge is -2.27. The SMILES string of the molecule is CCCCCCC(O)CC(F)(S(=O)(=O)c1ccccc1)S(=O)(=O)c1ccccc1. The first kappa shape index (κ1) is 23.5. The largest absolute Gasteiger partial charge is 0.393 e. The van der Waals surface area contributed by atoms with Crippen molar-refractivity contribution in [2.75, 3.05) is 0 Å². The van der Waals surface area contributed by atoms with Crippen molar-refractivity contribution < 1.29 is 26.3 Å². The van der Waals surface area contributed by atoms with Crippen molar-refractivity contribution in [1.82, 2.24) is 0 Å². The van der Waals surface area contributed by atoms with Gasteiger partial charge in [0.1, 0.15) is 0 Å². The van der Waals surface area contributed by atoms with E-state index in [1.807, 2.05) is 6.92 Å². The van der Waals surface area contributed by atoms with Gasteiger partial charge in [0.15, 0.2) is 0 Å². The predicted octanol–water partition coefficient (Wildman–Crippen LogP) is 4.28. The lowest BCUT2D eigenvalue weighted by atomic mass is 10.1. The van der Waals surface area contributed by atoms with Crippen LogP contribution in [0.25, 0.3) is 0 Å². The maximum absolute atomic E-state index is 16.2. The second-order valence-corrected chi connectivity index (χ2v) is 11.5. The van der Waals surface area contributed by atoms with Crippen molar-refractivity contribution in [3.8, 4) is 0 Å². The lowest BCUT2D eigenvalue weighted by molar-refractivity contribution is 0.122. The molecule has 2 aromatic carbocycles. The third kappa shape index (κ3) is 5.05. The Morgan fingerprint density at radius 3 is 1.69 bits per heavy atom. The van der Waals surface area contributed by atoms with E-state index in [1.54, 1.807) is 12.1 Å². The number of benzene rings is 2. The molecule has 0 aliphatic carbocycles. The molecule has 0 saturated heterocycles. The maximum Gasteiger partial charge on any atom is 0.320 e. The van der Waals surface area contributed by atoms with Crippen LogP contribution in [0, 0.1) is 0 Å². The summed E-state index contributed by atoms with van der Waals surface area (Å²) in [5.74, 6) is 0. The maximum atomic E-state index is 16.2. The van der Waals surface area contributed by atoms with E-state index >= 15 is 4.39 Å². The third-order valence-corrected chi connectivity index (χ3v) is 9.82. The van der Waals surface area contributed by atoms with Gasteiger partial charge >= 0.3 is 4.33 Å². The zero-order valence-corrected chi connectivity index (χ0v) is 18.0. The molecule has 0 aromatic heterocycles. The van der Waals surface area contributed by atoms with Gasteiger partial charge < -0.3 is 5.11 Å². The van der Waals surface area contributed by atoms with E-state index in [0.717, 1.165) is 43.5 Å². The van der Waals surface area contributed by atoms with Crippen molar-refractivity contribution in [3.63, 3.8) is 0 Å². The monoisotopic (exact) mass is 442 g/mol. The second kappa shape index (κ2) is 9.82. The van der Waals surface area contributed by atoms with Gasteiger partial charge in [0.25, 0.3) is 0 Å². The zero-order valence-electron chi connectivity index (χ0n) is 16.4. The quantitative estimate of drug-likeness (QED) is 0.525. The van der Waals surface area contributed by atoms with Crippen LogP contribution < -0.4 is 0 Å². The van der Waals surface area contributed by atoms with Gasteiger partial charge in [-0.15, -0.1) is 0 Å². The van der Waals surface area contributed by atoms with Crippen LogP contribution in [0.15, 0.2) is 70.5 Å². The number of unbranched alkanes of at least 4 members (excludes halogenated alkanes) is 3. The summed E-state index contributed by atoms with van der Waals surface area (Å²) in [5, 5.41) is 10.3. The highest BCUT2D eigenvalue weighted by Gasteiger charge is 2.58. The minimum absolute atomic E-state index is 0.125. The molecular formula is C21H27FO5S2. The number of halogens is 1. The van der Waals surface area contributed by atoms with Crippen LogP contribution in [0.3, 0.4) is 0 Å². The predicted molar refractivity (Wildman–Crippen MR) is 110 cm³/mol. The van der Waals surface area contributed by atoms with Crippen LogP contribution in [-0.4, -0.2) is 32.4 Å². The fraction of sp³-hybridized carbons (Fsp3) is 0.429. The molecule has 0 spiro atoms. The molecule has 0 bridgehead atoms. The van der Waals surface area contributed by atoms with Crippen molar-refractivity contribution in [1.29, 1.82) is 0 Å². The normalized spacial score (nSPS) is 13.9. The summed E-state index contributed by atoms with van der Waals surface area (Å²) in [5.41, 5.74) is 0. The molecule has 0 amide bonds. The number of hydrogen-bond acceptors (Lipinski definition) is 5. The standard InChI is InChI=1S/C21H27FO5S2/c1-2-3-4-7-12-18(23)17-21(22,28(24,25)19-13-8-5-9-14-19)29(26,27)20-15-10-6-11-16-20/h5-6,8-11,13-16,18,23H,2-4,7,12,17H2,1H3. The summed E-state index contributed by atoms with van der Waals surface area (Å²) in [4.78, 5) is -0.889. The highest BCUT2D eigenvalue weighted by Crippen LogP contribution is 2.41. The van der Waals surface area contributed by atoms with Gasteiger partial charge in [-0.05, 0) is 30.7 Å². The number of alkyl halides is 1. The molecule has 160 valence electrons. The van der Waals surface area contributed by atoms with E-state index in [0.29, 0.717) is 6.42 Å². The molecular weight excluding hydrogens is 415 g/mol. The Morgan fingerprint density at radius 1 is 0.828 bits per heavy atom.